The number of amides is 1. The van der Waals surface area contributed by atoms with Crippen molar-refractivity contribution >= 4 is 27.7 Å². The number of anilines is 1. The van der Waals surface area contributed by atoms with E-state index in [0.717, 1.165) is 0 Å². The van der Waals surface area contributed by atoms with Gasteiger partial charge in [-0.1, -0.05) is 0 Å². The number of hydrogen-bond acceptors (Lipinski definition) is 4. The largest absolute Gasteiger partial charge is 0.377 e. The second kappa shape index (κ2) is 6.49. The van der Waals surface area contributed by atoms with Crippen LogP contribution in [0.5, 0.6) is 0 Å². The van der Waals surface area contributed by atoms with E-state index in [-0.39, 0.29) is 24.4 Å². The van der Waals surface area contributed by atoms with E-state index in [0.29, 0.717) is 17.6 Å². The quantitative estimate of drug-likeness (QED) is 0.906. The minimum atomic E-state index is -0.561. The van der Waals surface area contributed by atoms with E-state index in [1.807, 2.05) is 13.8 Å². The molecule has 20 heavy (non-hydrogen) atoms. The van der Waals surface area contributed by atoms with Crippen LogP contribution in [0, 0.1) is 5.82 Å². The zero-order valence-electron chi connectivity index (χ0n) is 11.4. The van der Waals surface area contributed by atoms with E-state index in [1.54, 1.807) is 4.90 Å². The fraction of sp³-hybridized carbons (Fsp3) is 0.538. The fourth-order valence-electron chi connectivity index (χ4n) is 2.07. The highest BCUT2D eigenvalue weighted by Crippen LogP contribution is 2.23. The van der Waals surface area contributed by atoms with Gasteiger partial charge in [-0.05, 0) is 35.8 Å². The molecule has 5 nitrogen and oxygen atoms in total. The van der Waals surface area contributed by atoms with Crippen molar-refractivity contribution in [2.24, 2.45) is 0 Å². The Balaban J connectivity index is 2.24. The SMILES string of the molecule is CC(C)NC(=O)C1COCCN1c1ncc(Br)cc1F. The van der Waals surface area contributed by atoms with Gasteiger partial charge in [0.05, 0.1) is 13.2 Å². The third-order valence-electron chi connectivity index (χ3n) is 2.92. The summed E-state index contributed by atoms with van der Waals surface area (Å²) in [6.45, 7) is 4.87. The van der Waals surface area contributed by atoms with Gasteiger partial charge < -0.3 is 15.0 Å². The van der Waals surface area contributed by atoms with E-state index in [1.165, 1.54) is 12.3 Å². The molecule has 7 heteroatoms. The number of ether oxygens (including phenoxy) is 1. The first-order valence-electron chi connectivity index (χ1n) is 6.45. The molecular weight excluding hydrogens is 329 g/mol. The molecule has 0 aliphatic carbocycles. The fourth-order valence-corrected chi connectivity index (χ4v) is 2.38. The standard InChI is InChI=1S/C13H17BrFN3O2/c1-8(2)17-13(19)11-7-20-4-3-18(11)12-10(15)5-9(14)6-16-12/h5-6,8,11H,3-4,7H2,1-2H3,(H,17,19). The second-order valence-corrected chi connectivity index (χ2v) is 5.82. The number of morpholine rings is 1. The molecule has 1 aliphatic rings. The van der Waals surface area contributed by atoms with Gasteiger partial charge in [-0.3, -0.25) is 4.79 Å². The summed E-state index contributed by atoms with van der Waals surface area (Å²) in [7, 11) is 0. The molecule has 2 rings (SSSR count). The average Bonchev–Trinajstić information content (AvgIpc) is 2.38. The van der Waals surface area contributed by atoms with E-state index < -0.39 is 11.9 Å². The lowest BCUT2D eigenvalue weighted by atomic mass is 10.2. The van der Waals surface area contributed by atoms with Gasteiger partial charge in [0, 0.05) is 23.3 Å². The first kappa shape index (κ1) is 15.2. The molecule has 2 heterocycles. The van der Waals surface area contributed by atoms with Gasteiger partial charge in [-0.2, -0.15) is 0 Å². The van der Waals surface area contributed by atoms with Crippen molar-refractivity contribution in [3.63, 3.8) is 0 Å². The number of nitrogens with zero attached hydrogens (tertiary/aromatic N) is 2. The summed E-state index contributed by atoms with van der Waals surface area (Å²) in [5, 5.41) is 2.82. The van der Waals surface area contributed by atoms with Crippen molar-refractivity contribution in [2.75, 3.05) is 24.7 Å². The summed E-state index contributed by atoms with van der Waals surface area (Å²) in [6, 6.07) is 0.804. The molecule has 1 unspecified atom stereocenters. The zero-order chi connectivity index (χ0) is 14.7. The normalized spacial score (nSPS) is 19.2. The molecule has 1 atom stereocenters. The van der Waals surface area contributed by atoms with Crippen molar-refractivity contribution < 1.29 is 13.9 Å². The highest BCUT2D eigenvalue weighted by Gasteiger charge is 2.32. The van der Waals surface area contributed by atoms with E-state index in [4.69, 9.17) is 4.74 Å². The Morgan fingerprint density at radius 2 is 2.40 bits per heavy atom. The lowest BCUT2D eigenvalue weighted by Crippen LogP contribution is -2.55. The maximum Gasteiger partial charge on any atom is 0.245 e. The molecule has 1 fully saturated rings. The lowest BCUT2D eigenvalue weighted by molar-refractivity contribution is -0.125. The van der Waals surface area contributed by atoms with Crippen molar-refractivity contribution in [2.45, 2.75) is 25.9 Å². The Hall–Kier alpha value is -1.21. The van der Waals surface area contributed by atoms with E-state index >= 15 is 0 Å². The third-order valence-corrected chi connectivity index (χ3v) is 3.36. The third kappa shape index (κ3) is 3.46. The number of hydrogen-bond donors (Lipinski definition) is 1. The van der Waals surface area contributed by atoms with Gasteiger partial charge in [-0.15, -0.1) is 0 Å². The molecule has 0 aromatic carbocycles. The molecule has 110 valence electrons. The van der Waals surface area contributed by atoms with Crippen molar-refractivity contribution in [3.05, 3.63) is 22.6 Å². The van der Waals surface area contributed by atoms with E-state index in [9.17, 15) is 9.18 Å². The van der Waals surface area contributed by atoms with Gasteiger partial charge in [0.1, 0.15) is 6.04 Å². The van der Waals surface area contributed by atoms with Crippen LogP contribution >= 0.6 is 15.9 Å². The van der Waals surface area contributed by atoms with Crippen molar-refractivity contribution in [3.8, 4) is 0 Å². The minimum absolute atomic E-state index is 0.0222. The van der Waals surface area contributed by atoms with Crippen LogP contribution in [0.3, 0.4) is 0 Å². The van der Waals surface area contributed by atoms with Crippen molar-refractivity contribution in [1.82, 2.24) is 10.3 Å². The zero-order valence-corrected chi connectivity index (χ0v) is 13.0. The Bertz CT molecular complexity index is 499. The van der Waals surface area contributed by atoms with Crippen LogP contribution in [-0.4, -0.2) is 42.7 Å². The van der Waals surface area contributed by atoms with E-state index in [2.05, 4.69) is 26.2 Å². The Morgan fingerprint density at radius 3 is 3.05 bits per heavy atom. The molecule has 0 bridgehead atoms. The van der Waals surface area contributed by atoms with Gasteiger partial charge >= 0.3 is 0 Å². The second-order valence-electron chi connectivity index (χ2n) is 4.91. The van der Waals surface area contributed by atoms with Crippen LogP contribution < -0.4 is 10.2 Å². The summed E-state index contributed by atoms with van der Waals surface area (Å²) >= 11 is 3.17. The number of rotatable bonds is 3. The van der Waals surface area contributed by atoms with Crippen LogP contribution in [0.4, 0.5) is 10.2 Å². The molecule has 0 spiro atoms. The van der Waals surface area contributed by atoms with Gasteiger partial charge in [0.15, 0.2) is 11.6 Å². The highest BCUT2D eigenvalue weighted by molar-refractivity contribution is 9.10. The number of pyridine rings is 1. The predicted molar refractivity (Wildman–Crippen MR) is 77.1 cm³/mol. The lowest BCUT2D eigenvalue weighted by Gasteiger charge is -2.35. The number of carbonyl (C=O) groups is 1. The van der Waals surface area contributed by atoms with Crippen LogP contribution in [-0.2, 0) is 9.53 Å². The van der Waals surface area contributed by atoms with Crippen LogP contribution in [0.25, 0.3) is 0 Å². The topological polar surface area (TPSA) is 54.5 Å². The molecular formula is C13H17BrFN3O2. The van der Waals surface area contributed by atoms with Gasteiger partial charge in [0.2, 0.25) is 5.91 Å². The number of aromatic nitrogens is 1. The van der Waals surface area contributed by atoms with Gasteiger partial charge in [0.25, 0.3) is 0 Å². The maximum atomic E-state index is 14.0. The number of halogens is 2. The number of nitrogens with one attached hydrogen (secondary N) is 1. The maximum absolute atomic E-state index is 14.0. The first-order valence-corrected chi connectivity index (χ1v) is 7.24. The molecule has 0 radical (unpaired) electrons. The molecule has 0 saturated carbocycles. The van der Waals surface area contributed by atoms with Gasteiger partial charge in [-0.25, -0.2) is 9.37 Å². The summed E-state index contributed by atoms with van der Waals surface area (Å²) in [4.78, 5) is 17.9. The van der Waals surface area contributed by atoms with Crippen LogP contribution in [0.2, 0.25) is 0 Å². The molecule has 1 N–H and O–H groups in total. The monoisotopic (exact) mass is 345 g/mol. The van der Waals surface area contributed by atoms with Crippen molar-refractivity contribution in [1.29, 1.82) is 0 Å². The molecule has 1 amide bonds. The summed E-state index contributed by atoms with van der Waals surface area (Å²) in [5.41, 5.74) is 0. The number of carbonyl (C=O) groups excluding carboxylic acids is 1. The van der Waals surface area contributed by atoms with Crippen LogP contribution in [0.1, 0.15) is 13.8 Å². The highest BCUT2D eigenvalue weighted by atomic mass is 79.9. The first-order chi connectivity index (χ1) is 9.49. The Kier molecular flexibility index (Phi) is 4.93. The summed E-state index contributed by atoms with van der Waals surface area (Å²) < 4.78 is 19.9. The molecule has 1 aromatic rings. The smallest absolute Gasteiger partial charge is 0.245 e. The summed E-state index contributed by atoms with van der Waals surface area (Å²) in [5.74, 6) is -0.451. The molecule has 1 saturated heterocycles. The minimum Gasteiger partial charge on any atom is -0.377 e. The average molecular weight is 346 g/mol. The molecule has 1 aromatic heterocycles. The summed E-state index contributed by atoms with van der Waals surface area (Å²) in [6.07, 6.45) is 1.52. The Morgan fingerprint density at radius 1 is 1.65 bits per heavy atom. The van der Waals surface area contributed by atoms with Crippen LogP contribution in [0.15, 0.2) is 16.7 Å². The Labute approximate surface area is 125 Å². The predicted octanol–water partition coefficient (Wildman–Crippen LogP) is 1.71. The molecule has 1 aliphatic heterocycles.